The maximum Gasteiger partial charge on any atom is 0.131 e. The lowest BCUT2D eigenvalue weighted by molar-refractivity contribution is -0.0642. The molecule has 152 valence electrons. The smallest absolute Gasteiger partial charge is 0.131 e. The van der Waals surface area contributed by atoms with E-state index in [1.54, 1.807) is 0 Å². The number of nitrogens with one attached hydrogen (secondary N) is 1. The summed E-state index contributed by atoms with van der Waals surface area (Å²) in [5.41, 5.74) is 9.74. The zero-order valence-corrected chi connectivity index (χ0v) is 17.6. The Bertz CT molecular complexity index is 1050. The third-order valence-corrected chi connectivity index (χ3v) is 5.80. The van der Waals surface area contributed by atoms with Crippen LogP contribution in [0.5, 0.6) is 5.75 Å². The molecule has 3 aromatic rings. The molecule has 0 radical (unpaired) electrons. The van der Waals surface area contributed by atoms with Crippen LogP contribution in [0, 0.1) is 6.92 Å². The predicted octanol–water partition coefficient (Wildman–Crippen LogP) is 4.18. The van der Waals surface area contributed by atoms with E-state index in [9.17, 15) is 5.11 Å². The van der Waals surface area contributed by atoms with Crippen LogP contribution in [0.2, 0.25) is 5.15 Å². The Morgan fingerprint density at radius 1 is 1.21 bits per heavy atom. The summed E-state index contributed by atoms with van der Waals surface area (Å²) in [7, 11) is 0. The fraction of sp³-hybridized carbons (Fsp3) is 0.348. The number of hydrogen-bond acceptors (Lipinski definition) is 5. The highest BCUT2D eigenvalue weighted by molar-refractivity contribution is 6.29. The van der Waals surface area contributed by atoms with Gasteiger partial charge in [-0.3, -0.25) is 0 Å². The summed E-state index contributed by atoms with van der Waals surface area (Å²) in [6, 6.07) is 13.4. The number of pyridine rings is 1. The summed E-state index contributed by atoms with van der Waals surface area (Å²) < 4.78 is 6.17. The number of benzene rings is 2. The van der Waals surface area contributed by atoms with E-state index in [1.807, 2.05) is 63.2 Å². The Kier molecular flexibility index (Phi) is 5.15. The van der Waals surface area contributed by atoms with Crippen LogP contribution in [-0.2, 0) is 6.42 Å². The lowest BCUT2D eigenvalue weighted by Crippen LogP contribution is -2.52. The van der Waals surface area contributed by atoms with Crippen LogP contribution in [0.1, 0.15) is 36.6 Å². The average Bonchev–Trinajstić information content (AvgIpc) is 2.65. The molecule has 6 heteroatoms. The second kappa shape index (κ2) is 7.48. The van der Waals surface area contributed by atoms with Crippen LogP contribution in [-0.4, -0.2) is 28.3 Å². The van der Waals surface area contributed by atoms with E-state index in [0.717, 1.165) is 39.9 Å². The summed E-state index contributed by atoms with van der Waals surface area (Å²) >= 11 is 6.16. The van der Waals surface area contributed by atoms with Gasteiger partial charge in [-0.2, -0.15) is 0 Å². The number of aliphatic hydroxyl groups is 1. The fourth-order valence-electron chi connectivity index (χ4n) is 3.92. The lowest BCUT2D eigenvalue weighted by atomic mass is 9.85. The Labute approximate surface area is 175 Å². The molecule has 4 N–H and O–H groups in total. The molecule has 5 nitrogen and oxygen atoms in total. The number of halogens is 1. The Morgan fingerprint density at radius 3 is 2.66 bits per heavy atom. The summed E-state index contributed by atoms with van der Waals surface area (Å²) in [4.78, 5) is 4.47. The standard InChI is InChI=1S/C23H26ClN3O2/c1-13-10-20(24)27-18-11-17-19(12-16(13)18)29-23(2,3)22(28)21(17)26-9-8-14-4-6-15(25)7-5-14/h4-7,10-12,21-22,26,28H,8-9,25H2,1-3H3/t21-,22+/m0/s1. The van der Waals surface area contributed by atoms with E-state index < -0.39 is 11.7 Å². The van der Waals surface area contributed by atoms with E-state index in [2.05, 4.69) is 10.3 Å². The summed E-state index contributed by atoms with van der Waals surface area (Å²) in [6.07, 6.45) is 0.121. The molecule has 0 aliphatic carbocycles. The van der Waals surface area contributed by atoms with Crippen molar-refractivity contribution in [3.05, 3.63) is 64.3 Å². The van der Waals surface area contributed by atoms with E-state index in [4.69, 9.17) is 22.1 Å². The number of ether oxygens (including phenoxy) is 1. The van der Waals surface area contributed by atoms with E-state index in [1.165, 1.54) is 5.56 Å². The molecule has 4 rings (SSSR count). The molecule has 0 saturated carbocycles. The van der Waals surface area contributed by atoms with Crippen molar-refractivity contribution >= 4 is 28.2 Å². The van der Waals surface area contributed by atoms with E-state index >= 15 is 0 Å². The minimum atomic E-state index is -0.715. The van der Waals surface area contributed by atoms with Crippen LogP contribution in [0.25, 0.3) is 10.9 Å². The minimum absolute atomic E-state index is 0.270. The molecule has 0 spiro atoms. The molecule has 1 aromatic heterocycles. The lowest BCUT2D eigenvalue weighted by Gasteiger charge is -2.42. The maximum atomic E-state index is 11.0. The highest BCUT2D eigenvalue weighted by Gasteiger charge is 2.42. The Morgan fingerprint density at radius 2 is 1.93 bits per heavy atom. The van der Waals surface area contributed by atoms with Crippen LogP contribution < -0.4 is 15.8 Å². The van der Waals surface area contributed by atoms with Crippen LogP contribution in [0.4, 0.5) is 5.69 Å². The highest BCUT2D eigenvalue weighted by atomic mass is 35.5. The molecule has 1 aliphatic heterocycles. The fourth-order valence-corrected chi connectivity index (χ4v) is 4.18. The van der Waals surface area contributed by atoms with Crippen molar-refractivity contribution in [3.63, 3.8) is 0 Å². The van der Waals surface area contributed by atoms with Gasteiger partial charge in [0.1, 0.15) is 22.6 Å². The van der Waals surface area contributed by atoms with E-state index in [-0.39, 0.29) is 6.04 Å². The maximum absolute atomic E-state index is 11.0. The van der Waals surface area contributed by atoms with Gasteiger partial charge in [-0.1, -0.05) is 23.7 Å². The van der Waals surface area contributed by atoms with Crippen LogP contribution in [0.15, 0.2) is 42.5 Å². The number of aliphatic hydroxyl groups excluding tert-OH is 1. The number of fused-ring (bicyclic) bond motifs is 2. The number of aromatic nitrogens is 1. The van der Waals surface area contributed by atoms with Crippen molar-refractivity contribution in [1.29, 1.82) is 0 Å². The van der Waals surface area contributed by atoms with Crippen molar-refractivity contribution in [2.45, 2.75) is 44.9 Å². The van der Waals surface area contributed by atoms with Gasteiger partial charge in [0.2, 0.25) is 0 Å². The number of anilines is 1. The first-order valence-electron chi connectivity index (χ1n) is 9.80. The molecular weight excluding hydrogens is 386 g/mol. The van der Waals surface area contributed by atoms with Crippen LogP contribution >= 0.6 is 11.6 Å². The first kappa shape index (κ1) is 20.0. The average molecular weight is 412 g/mol. The number of nitrogen functional groups attached to an aromatic ring is 1. The van der Waals surface area contributed by atoms with Gasteiger partial charge in [0.15, 0.2) is 0 Å². The van der Waals surface area contributed by atoms with Crippen molar-refractivity contribution in [2.75, 3.05) is 12.3 Å². The van der Waals surface area contributed by atoms with Gasteiger partial charge in [-0.05, 0) is 75.2 Å². The van der Waals surface area contributed by atoms with E-state index in [0.29, 0.717) is 11.7 Å². The molecule has 0 unspecified atom stereocenters. The first-order chi connectivity index (χ1) is 13.7. The van der Waals surface area contributed by atoms with Gasteiger partial charge in [-0.25, -0.2) is 4.98 Å². The number of rotatable bonds is 4. The normalized spacial score (nSPS) is 20.3. The second-order valence-electron chi connectivity index (χ2n) is 8.24. The number of aryl methyl sites for hydroxylation is 1. The predicted molar refractivity (Wildman–Crippen MR) is 118 cm³/mol. The molecule has 29 heavy (non-hydrogen) atoms. The Hall–Kier alpha value is -2.34. The summed E-state index contributed by atoms with van der Waals surface area (Å²) in [6.45, 7) is 6.54. The van der Waals surface area contributed by atoms with Crippen molar-refractivity contribution in [2.24, 2.45) is 0 Å². The highest BCUT2D eigenvalue weighted by Crippen LogP contribution is 2.42. The SMILES string of the molecule is Cc1cc(Cl)nc2cc3c(cc12)OC(C)(C)[C@H](O)[C@H]3NCCc1ccc(N)cc1. The van der Waals surface area contributed by atoms with Crippen molar-refractivity contribution in [1.82, 2.24) is 10.3 Å². The van der Waals surface area contributed by atoms with Gasteiger partial charge in [0.25, 0.3) is 0 Å². The molecule has 0 amide bonds. The summed E-state index contributed by atoms with van der Waals surface area (Å²) in [5, 5.41) is 16.0. The molecule has 1 aliphatic rings. The first-order valence-corrected chi connectivity index (χ1v) is 10.2. The molecule has 2 heterocycles. The number of nitrogens with zero attached hydrogens (tertiary/aromatic N) is 1. The molecule has 0 bridgehead atoms. The number of hydrogen-bond donors (Lipinski definition) is 3. The third-order valence-electron chi connectivity index (χ3n) is 5.61. The largest absolute Gasteiger partial charge is 0.485 e. The zero-order chi connectivity index (χ0) is 20.8. The van der Waals surface area contributed by atoms with Crippen molar-refractivity contribution in [3.8, 4) is 5.75 Å². The molecule has 2 aromatic carbocycles. The quantitative estimate of drug-likeness (QED) is 0.443. The molecular formula is C23H26ClN3O2. The zero-order valence-electron chi connectivity index (χ0n) is 16.9. The van der Waals surface area contributed by atoms with Crippen LogP contribution in [0.3, 0.4) is 0 Å². The monoisotopic (exact) mass is 411 g/mol. The second-order valence-corrected chi connectivity index (χ2v) is 8.63. The van der Waals surface area contributed by atoms with Gasteiger partial charge < -0.3 is 20.9 Å². The van der Waals surface area contributed by atoms with Gasteiger partial charge in [0.05, 0.1) is 11.6 Å². The minimum Gasteiger partial charge on any atom is -0.485 e. The molecule has 2 atom stereocenters. The van der Waals surface area contributed by atoms with Crippen molar-refractivity contribution < 1.29 is 9.84 Å². The summed E-state index contributed by atoms with van der Waals surface area (Å²) in [5.74, 6) is 0.769. The molecule has 0 saturated heterocycles. The Balaban J connectivity index is 1.65. The third kappa shape index (κ3) is 3.90. The topological polar surface area (TPSA) is 80.4 Å². The number of nitrogens with two attached hydrogens (primary N) is 1. The van der Waals surface area contributed by atoms with Gasteiger partial charge in [0, 0.05) is 16.6 Å². The molecule has 0 fully saturated rings. The van der Waals surface area contributed by atoms with Gasteiger partial charge >= 0.3 is 0 Å². The van der Waals surface area contributed by atoms with Gasteiger partial charge in [-0.15, -0.1) is 0 Å².